The quantitative estimate of drug-likeness (QED) is 0.836. The summed E-state index contributed by atoms with van der Waals surface area (Å²) in [5.74, 6) is -0.179. The van der Waals surface area contributed by atoms with Crippen LogP contribution in [0.3, 0.4) is 0 Å². The van der Waals surface area contributed by atoms with E-state index >= 15 is 0 Å². The molecule has 0 fully saturated rings. The van der Waals surface area contributed by atoms with E-state index in [0.29, 0.717) is 11.6 Å². The van der Waals surface area contributed by atoms with Crippen molar-refractivity contribution >= 4 is 29.0 Å². The van der Waals surface area contributed by atoms with Crippen LogP contribution in [0.4, 0.5) is 5.69 Å². The summed E-state index contributed by atoms with van der Waals surface area (Å²) in [6, 6.07) is 15.3. The van der Waals surface area contributed by atoms with Gasteiger partial charge in [0.2, 0.25) is 5.91 Å². The van der Waals surface area contributed by atoms with Crippen LogP contribution in [-0.2, 0) is 21.5 Å². The van der Waals surface area contributed by atoms with Gasteiger partial charge in [0.1, 0.15) is 5.41 Å². The first-order valence-electron chi connectivity index (χ1n) is 7.68. The van der Waals surface area contributed by atoms with Gasteiger partial charge in [-0.1, -0.05) is 54.1 Å². The summed E-state index contributed by atoms with van der Waals surface area (Å²) >= 11 is 6.17. The maximum atomic E-state index is 13.2. The molecule has 0 radical (unpaired) electrons. The molecular formula is C20H14ClNO2. The second-order valence-electron chi connectivity index (χ2n) is 5.98. The standard InChI is InChI=1S/C20H14ClNO2/c21-15-6-7-18-17(12-15)20(10-8-16(23)9-11-20)19(24)22(18)13-14-4-2-1-3-5-14/h1-12H,13H2. The number of halogens is 1. The largest absolute Gasteiger partial charge is 0.306 e. The van der Waals surface area contributed by atoms with E-state index in [1.165, 1.54) is 12.2 Å². The van der Waals surface area contributed by atoms with Gasteiger partial charge >= 0.3 is 0 Å². The number of fused-ring (bicyclic) bond motifs is 2. The molecule has 118 valence electrons. The van der Waals surface area contributed by atoms with Crippen LogP contribution in [0.1, 0.15) is 11.1 Å². The number of ketones is 1. The molecule has 3 nitrogen and oxygen atoms in total. The SMILES string of the molecule is O=C1C=CC2(C=C1)C(=O)N(Cc1ccccc1)c1ccc(Cl)cc12. The number of benzene rings is 2. The molecule has 4 heteroatoms. The van der Waals surface area contributed by atoms with E-state index in [1.807, 2.05) is 42.5 Å². The molecule has 1 aliphatic carbocycles. The van der Waals surface area contributed by atoms with E-state index in [-0.39, 0.29) is 11.7 Å². The summed E-state index contributed by atoms with van der Waals surface area (Å²) in [5.41, 5.74) is 1.75. The maximum Gasteiger partial charge on any atom is 0.245 e. The van der Waals surface area contributed by atoms with Gasteiger partial charge in [0.15, 0.2) is 5.78 Å². The third kappa shape index (κ3) is 2.21. The lowest BCUT2D eigenvalue weighted by Crippen LogP contribution is -2.38. The molecule has 0 aromatic heterocycles. The molecule has 0 atom stereocenters. The molecule has 24 heavy (non-hydrogen) atoms. The van der Waals surface area contributed by atoms with Crippen LogP contribution in [0.2, 0.25) is 5.02 Å². The minimum absolute atomic E-state index is 0.0661. The molecule has 0 unspecified atom stereocenters. The van der Waals surface area contributed by atoms with Gasteiger partial charge in [0, 0.05) is 16.3 Å². The average molecular weight is 336 g/mol. The highest BCUT2D eigenvalue weighted by Crippen LogP contribution is 2.46. The van der Waals surface area contributed by atoms with Crippen molar-refractivity contribution < 1.29 is 9.59 Å². The van der Waals surface area contributed by atoms with Crippen LogP contribution in [0.5, 0.6) is 0 Å². The van der Waals surface area contributed by atoms with Crippen LogP contribution in [0.25, 0.3) is 0 Å². The highest BCUT2D eigenvalue weighted by molar-refractivity contribution is 6.31. The maximum absolute atomic E-state index is 13.2. The topological polar surface area (TPSA) is 37.4 Å². The summed E-state index contributed by atoms with van der Waals surface area (Å²) in [6.07, 6.45) is 6.26. The molecule has 2 aromatic rings. The second kappa shape index (κ2) is 5.46. The van der Waals surface area contributed by atoms with Crippen LogP contribution in [-0.4, -0.2) is 11.7 Å². The Bertz CT molecular complexity index is 883. The fourth-order valence-corrected chi connectivity index (χ4v) is 3.48. The Hall–Kier alpha value is -2.65. The summed E-state index contributed by atoms with van der Waals surface area (Å²) in [7, 11) is 0. The third-order valence-corrected chi connectivity index (χ3v) is 4.73. The number of amides is 1. The zero-order valence-electron chi connectivity index (χ0n) is 12.8. The van der Waals surface area contributed by atoms with Crippen molar-refractivity contribution in [3.05, 3.63) is 89.0 Å². The molecule has 0 bridgehead atoms. The molecule has 0 saturated heterocycles. The van der Waals surface area contributed by atoms with Crippen molar-refractivity contribution in [2.45, 2.75) is 12.0 Å². The lowest BCUT2D eigenvalue weighted by atomic mass is 9.78. The van der Waals surface area contributed by atoms with Crippen molar-refractivity contribution in [3.8, 4) is 0 Å². The normalized spacial score (nSPS) is 17.6. The summed E-state index contributed by atoms with van der Waals surface area (Å²) in [5, 5.41) is 0.571. The van der Waals surface area contributed by atoms with Gasteiger partial charge < -0.3 is 4.90 Å². The minimum Gasteiger partial charge on any atom is -0.306 e. The molecule has 2 aromatic carbocycles. The van der Waals surface area contributed by atoms with Gasteiger partial charge in [-0.2, -0.15) is 0 Å². The van der Waals surface area contributed by atoms with Crippen LogP contribution < -0.4 is 4.90 Å². The lowest BCUT2D eigenvalue weighted by molar-refractivity contribution is -0.120. The number of carbonyl (C=O) groups excluding carboxylic acids is 2. The predicted molar refractivity (Wildman–Crippen MR) is 94.0 cm³/mol. The monoisotopic (exact) mass is 335 g/mol. The summed E-state index contributed by atoms with van der Waals surface area (Å²) in [4.78, 5) is 26.5. The van der Waals surface area contributed by atoms with Gasteiger partial charge in [0.05, 0.1) is 6.54 Å². The number of allylic oxidation sites excluding steroid dienone is 2. The Morgan fingerprint density at radius 2 is 1.67 bits per heavy atom. The number of anilines is 1. The third-order valence-electron chi connectivity index (χ3n) is 4.50. The van der Waals surface area contributed by atoms with Crippen LogP contribution >= 0.6 is 11.6 Å². The Labute approximate surface area is 144 Å². The van der Waals surface area contributed by atoms with E-state index < -0.39 is 5.41 Å². The van der Waals surface area contributed by atoms with Crippen molar-refractivity contribution in [1.29, 1.82) is 0 Å². The summed E-state index contributed by atoms with van der Waals surface area (Å²) in [6.45, 7) is 0.478. The van der Waals surface area contributed by atoms with E-state index in [9.17, 15) is 9.59 Å². The number of nitrogens with zero attached hydrogens (tertiary/aromatic N) is 1. The first-order chi connectivity index (χ1) is 11.6. The number of rotatable bonds is 2. The molecule has 1 amide bonds. The molecule has 2 aliphatic rings. The Morgan fingerprint density at radius 3 is 2.38 bits per heavy atom. The fourth-order valence-electron chi connectivity index (χ4n) is 3.31. The van der Waals surface area contributed by atoms with Gasteiger partial charge in [-0.3, -0.25) is 9.59 Å². The van der Waals surface area contributed by atoms with Crippen molar-refractivity contribution in [1.82, 2.24) is 0 Å². The van der Waals surface area contributed by atoms with Gasteiger partial charge in [-0.05, 0) is 35.9 Å². The Morgan fingerprint density at radius 1 is 0.958 bits per heavy atom. The Kier molecular flexibility index (Phi) is 3.39. The highest BCUT2D eigenvalue weighted by atomic mass is 35.5. The fraction of sp³-hybridized carbons (Fsp3) is 0.100. The van der Waals surface area contributed by atoms with Crippen molar-refractivity contribution in [2.75, 3.05) is 4.90 Å². The second-order valence-corrected chi connectivity index (χ2v) is 6.41. The average Bonchev–Trinajstić information content (AvgIpc) is 2.81. The first-order valence-corrected chi connectivity index (χ1v) is 8.06. The zero-order chi connectivity index (χ0) is 16.7. The number of hydrogen-bond donors (Lipinski definition) is 0. The van der Waals surface area contributed by atoms with E-state index in [2.05, 4.69) is 0 Å². The van der Waals surface area contributed by atoms with Crippen LogP contribution in [0, 0.1) is 0 Å². The van der Waals surface area contributed by atoms with Gasteiger partial charge in [-0.25, -0.2) is 0 Å². The number of carbonyl (C=O) groups is 2. The molecule has 1 spiro atoms. The smallest absolute Gasteiger partial charge is 0.245 e. The highest BCUT2D eigenvalue weighted by Gasteiger charge is 2.48. The van der Waals surface area contributed by atoms with Crippen LogP contribution in [0.15, 0.2) is 72.8 Å². The summed E-state index contributed by atoms with van der Waals surface area (Å²) < 4.78 is 0. The number of hydrogen-bond acceptors (Lipinski definition) is 2. The molecule has 1 heterocycles. The Balaban J connectivity index is 1.84. The van der Waals surface area contributed by atoms with Gasteiger partial charge in [0.25, 0.3) is 0 Å². The molecule has 1 aliphatic heterocycles. The molecular weight excluding hydrogens is 322 g/mol. The first kappa shape index (κ1) is 14.9. The zero-order valence-corrected chi connectivity index (χ0v) is 13.5. The molecule has 0 saturated carbocycles. The molecule has 4 rings (SSSR count). The van der Waals surface area contributed by atoms with Crippen molar-refractivity contribution in [3.63, 3.8) is 0 Å². The minimum atomic E-state index is -0.942. The molecule has 0 N–H and O–H groups in total. The van der Waals surface area contributed by atoms with Crippen molar-refractivity contribution in [2.24, 2.45) is 0 Å². The van der Waals surface area contributed by atoms with E-state index in [1.54, 1.807) is 23.1 Å². The lowest BCUT2D eigenvalue weighted by Gasteiger charge is -2.24. The predicted octanol–water partition coefficient (Wildman–Crippen LogP) is 3.82. The van der Waals surface area contributed by atoms with E-state index in [0.717, 1.165) is 16.8 Å². The van der Waals surface area contributed by atoms with Gasteiger partial charge in [-0.15, -0.1) is 0 Å². The van der Waals surface area contributed by atoms with E-state index in [4.69, 9.17) is 11.6 Å².